The van der Waals surface area contributed by atoms with Crippen LogP contribution >= 0.6 is 0 Å². The lowest BCUT2D eigenvalue weighted by atomic mass is 10.1. The highest BCUT2D eigenvalue weighted by molar-refractivity contribution is 5.98. The lowest BCUT2D eigenvalue weighted by Gasteiger charge is -2.34. The number of piperazine rings is 1. The van der Waals surface area contributed by atoms with Crippen LogP contribution in [-0.2, 0) is 6.54 Å². The van der Waals surface area contributed by atoms with Crippen LogP contribution in [0.5, 0.6) is 0 Å². The van der Waals surface area contributed by atoms with Gasteiger partial charge in [-0.3, -0.25) is 4.98 Å². The number of rotatable bonds is 4. The lowest BCUT2D eigenvalue weighted by molar-refractivity contribution is -0.914. The quantitative estimate of drug-likeness (QED) is 0.747. The maximum atomic E-state index is 11.4. The van der Waals surface area contributed by atoms with Gasteiger partial charge in [0.1, 0.15) is 6.54 Å². The van der Waals surface area contributed by atoms with E-state index < -0.39 is 5.97 Å². The third kappa shape index (κ3) is 3.78. The Kier molecular flexibility index (Phi) is 4.77. The number of quaternary nitrogens is 1. The Bertz CT molecular complexity index is 964. The second-order valence-corrected chi connectivity index (χ2v) is 7.22. The van der Waals surface area contributed by atoms with E-state index in [1.807, 2.05) is 13.0 Å². The third-order valence-corrected chi connectivity index (χ3v) is 5.27. The Balaban J connectivity index is 1.56. The molecule has 0 atom stereocenters. The molecule has 5 heteroatoms. The number of fused-ring (bicyclic) bond motifs is 1. The fourth-order valence-electron chi connectivity index (χ4n) is 3.86. The maximum Gasteiger partial charge on any atom is 0.335 e. The molecule has 0 aliphatic carbocycles. The first-order chi connectivity index (χ1) is 13.1. The molecule has 1 aromatic heterocycles. The molecule has 0 unspecified atom stereocenters. The summed E-state index contributed by atoms with van der Waals surface area (Å²) in [7, 11) is 0. The van der Waals surface area contributed by atoms with Crippen LogP contribution in [-0.4, -0.2) is 42.2 Å². The number of carbonyl (C=O) groups is 1. The summed E-state index contributed by atoms with van der Waals surface area (Å²) in [6, 6.07) is 17.9. The van der Waals surface area contributed by atoms with Gasteiger partial charge in [-0.05, 0) is 31.2 Å². The van der Waals surface area contributed by atoms with Gasteiger partial charge >= 0.3 is 5.97 Å². The standard InChI is InChI=1S/C22H23N3O2/c1-16-13-21(19-14-18(22(26)27)7-8-20(19)23-16)25-11-9-24(10-12-25)15-17-5-3-2-4-6-17/h2-8,13-14H,9-12,15H2,1H3,(H,26,27)/p+1. The predicted octanol–water partition coefficient (Wildman–Crippen LogP) is 2.15. The van der Waals surface area contributed by atoms with Crippen LogP contribution in [0.25, 0.3) is 10.9 Å². The van der Waals surface area contributed by atoms with Crippen LogP contribution < -0.4 is 9.80 Å². The molecule has 138 valence electrons. The molecule has 4 rings (SSSR count). The largest absolute Gasteiger partial charge is 0.478 e. The third-order valence-electron chi connectivity index (χ3n) is 5.27. The van der Waals surface area contributed by atoms with Gasteiger partial charge in [0.25, 0.3) is 0 Å². The van der Waals surface area contributed by atoms with Crippen molar-refractivity contribution in [2.45, 2.75) is 13.5 Å². The zero-order valence-electron chi connectivity index (χ0n) is 15.5. The average molecular weight is 362 g/mol. The van der Waals surface area contributed by atoms with E-state index >= 15 is 0 Å². The molecule has 0 amide bonds. The Hall–Kier alpha value is -2.92. The first kappa shape index (κ1) is 17.5. The molecule has 1 aliphatic rings. The van der Waals surface area contributed by atoms with Crippen LogP contribution in [0.15, 0.2) is 54.6 Å². The number of carboxylic acids is 1. The minimum Gasteiger partial charge on any atom is -0.478 e. The molecule has 0 saturated carbocycles. The lowest BCUT2D eigenvalue weighted by Crippen LogP contribution is -3.13. The summed E-state index contributed by atoms with van der Waals surface area (Å²) in [5, 5.41) is 10.3. The molecule has 0 spiro atoms. The summed E-state index contributed by atoms with van der Waals surface area (Å²) in [5.74, 6) is -0.902. The van der Waals surface area contributed by atoms with Crippen molar-refractivity contribution in [2.75, 3.05) is 31.1 Å². The Morgan fingerprint density at radius 2 is 1.85 bits per heavy atom. The topological polar surface area (TPSA) is 57.9 Å². The van der Waals surface area contributed by atoms with Gasteiger partial charge < -0.3 is 14.9 Å². The summed E-state index contributed by atoms with van der Waals surface area (Å²) < 4.78 is 0. The molecular formula is C22H24N3O2+. The smallest absolute Gasteiger partial charge is 0.335 e. The molecule has 2 heterocycles. The van der Waals surface area contributed by atoms with Crippen molar-refractivity contribution in [1.82, 2.24) is 4.98 Å². The Morgan fingerprint density at radius 1 is 1.11 bits per heavy atom. The summed E-state index contributed by atoms with van der Waals surface area (Å²) in [4.78, 5) is 19.9. The van der Waals surface area contributed by atoms with Crippen molar-refractivity contribution in [3.05, 3.63) is 71.4 Å². The number of anilines is 1. The average Bonchev–Trinajstić information content (AvgIpc) is 2.68. The van der Waals surface area contributed by atoms with E-state index in [0.717, 1.165) is 55.0 Å². The van der Waals surface area contributed by atoms with Crippen molar-refractivity contribution < 1.29 is 14.8 Å². The van der Waals surface area contributed by atoms with Crippen molar-refractivity contribution in [2.24, 2.45) is 0 Å². The molecule has 1 aliphatic heterocycles. The van der Waals surface area contributed by atoms with Gasteiger partial charge in [-0.15, -0.1) is 0 Å². The zero-order valence-corrected chi connectivity index (χ0v) is 15.5. The summed E-state index contributed by atoms with van der Waals surface area (Å²) >= 11 is 0. The van der Waals surface area contributed by atoms with E-state index in [4.69, 9.17) is 0 Å². The minimum absolute atomic E-state index is 0.308. The van der Waals surface area contributed by atoms with Crippen molar-refractivity contribution in [3.63, 3.8) is 0 Å². The molecule has 1 fully saturated rings. The number of aryl methyl sites for hydroxylation is 1. The monoisotopic (exact) mass is 362 g/mol. The second kappa shape index (κ2) is 7.37. The maximum absolute atomic E-state index is 11.4. The molecule has 2 aromatic carbocycles. The van der Waals surface area contributed by atoms with Crippen molar-refractivity contribution in [1.29, 1.82) is 0 Å². The number of hydrogen-bond acceptors (Lipinski definition) is 3. The number of benzene rings is 2. The fraction of sp³-hybridized carbons (Fsp3) is 0.273. The number of nitrogens with one attached hydrogen (secondary N) is 1. The van der Waals surface area contributed by atoms with Gasteiger partial charge in [0.15, 0.2) is 0 Å². The van der Waals surface area contributed by atoms with Crippen LogP contribution in [0, 0.1) is 6.92 Å². The van der Waals surface area contributed by atoms with Crippen LogP contribution in [0.3, 0.4) is 0 Å². The highest BCUT2D eigenvalue weighted by atomic mass is 16.4. The van der Waals surface area contributed by atoms with Crippen LogP contribution in [0.4, 0.5) is 5.69 Å². The number of aromatic carboxylic acids is 1. The SMILES string of the molecule is Cc1cc(N2CC[NH+](Cc3ccccc3)CC2)c2cc(C(=O)O)ccc2n1. The van der Waals surface area contributed by atoms with E-state index in [0.29, 0.717) is 5.56 Å². The van der Waals surface area contributed by atoms with Gasteiger partial charge in [-0.25, -0.2) is 4.79 Å². The van der Waals surface area contributed by atoms with E-state index in [-0.39, 0.29) is 0 Å². The van der Waals surface area contributed by atoms with Gasteiger partial charge in [-0.2, -0.15) is 0 Å². The Morgan fingerprint density at radius 3 is 2.56 bits per heavy atom. The zero-order chi connectivity index (χ0) is 18.8. The van der Waals surface area contributed by atoms with E-state index in [1.165, 1.54) is 5.56 Å². The number of nitrogens with zero attached hydrogens (tertiary/aromatic N) is 2. The molecule has 5 nitrogen and oxygen atoms in total. The molecular weight excluding hydrogens is 338 g/mol. The minimum atomic E-state index is -0.902. The summed E-state index contributed by atoms with van der Waals surface area (Å²) in [6.45, 7) is 7.09. The van der Waals surface area contributed by atoms with Crippen LogP contribution in [0.2, 0.25) is 0 Å². The van der Waals surface area contributed by atoms with Gasteiger partial charge in [0.05, 0.1) is 37.3 Å². The molecule has 27 heavy (non-hydrogen) atoms. The molecule has 0 radical (unpaired) electrons. The normalized spacial score (nSPS) is 15.2. The first-order valence-corrected chi connectivity index (χ1v) is 9.37. The molecule has 0 bridgehead atoms. The van der Waals surface area contributed by atoms with Crippen molar-refractivity contribution in [3.8, 4) is 0 Å². The van der Waals surface area contributed by atoms with E-state index in [2.05, 4.69) is 46.3 Å². The van der Waals surface area contributed by atoms with Gasteiger partial charge in [0.2, 0.25) is 0 Å². The highest BCUT2D eigenvalue weighted by Crippen LogP contribution is 2.28. The van der Waals surface area contributed by atoms with Crippen molar-refractivity contribution >= 4 is 22.6 Å². The van der Waals surface area contributed by atoms with Gasteiger partial charge in [0, 0.05) is 22.3 Å². The Labute approximate surface area is 158 Å². The van der Waals surface area contributed by atoms with E-state index in [1.54, 1.807) is 17.0 Å². The number of aromatic nitrogens is 1. The van der Waals surface area contributed by atoms with E-state index in [9.17, 15) is 9.90 Å². The number of hydrogen-bond donors (Lipinski definition) is 2. The summed E-state index contributed by atoms with van der Waals surface area (Å²) in [5.41, 5.74) is 4.59. The summed E-state index contributed by atoms with van der Waals surface area (Å²) in [6.07, 6.45) is 0. The fourth-order valence-corrected chi connectivity index (χ4v) is 3.86. The first-order valence-electron chi connectivity index (χ1n) is 9.37. The highest BCUT2D eigenvalue weighted by Gasteiger charge is 2.22. The predicted molar refractivity (Wildman–Crippen MR) is 106 cm³/mol. The number of carboxylic acid groups (broad SMARTS) is 1. The molecule has 3 aromatic rings. The molecule has 1 saturated heterocycles. The van der Waals surface area contributed by atoms with Crippen LogP contribution in [0.1, 0.15) is 21.6 Å². The van der Waals surface area contributed by atoms with Gasteiger partial charge in [-0.1, -0.05) is 30.3 Å². The second-order valence-electron chi connectivity index (χ2n) is 7.22. The number of pyridine rings is 1. The molecule has 2 N–H and O–H groups in total.